The van der Waals surface area contributed by atoms with E-state index in [4.69, 9.17) is 0 Å². The molecule has 0 saturated carbocycles. The molecule has 82 valence electrons. The zero-order valence-corrected chi connectivity index (χ0v) is 9.71. The second kappa shape index (κ2) is 4.63. The van der Waals surface area contributed by atoms with Crippen LogP contribution in [0.2, 0.25) is 0 Å². The summed E-state index contributed by atoms with van der Waals surface area (Å²) in [4.78, 5) is 5.36. The lowest BCUT2D eigenvalue weighted by Crippen LogP contribution is -2.49. The lowest BCUT2D eigenvalue weighted by Gasteiger charge is -2.39. The summed E-state index contributed by atoms with van der Waals surface area (Å²) >= 11 is 0. The fraction of sp³-hybridized carbons (Fsp3) is 1.00. The highest BCUT2D eigenvalue weighted by Gasteiger charge is 2.27. The first-order valence-electron chi connectivity index (χ1n) is 6.25. The first-order valence-corrected chi connectivity index (χ1v) is 6.25. The topological polar surface area (TPSA) is 6.48 Å². The van der Waals surface area contributed by atoms with Gasteiger partial charge in [0.2, 0.25) is 0 Å². The van der Waals surface area contributed by atoms with Crippen molar-refractivity contribution < 1.29 is 0 Å². The predicted molar refractivity (Wildman–Crippen MR) is 60.5 cm³/mol. The Morgan fingerprint density at radius 1 is 1.00 bits per heavy atom. The van der Waals surface area contributed by atoms with Crippen LogP contribution in [0.15, 0.2) is 0 Å². The van der Waals surface area contributed by atoms with Gasteiger partial charge >= 0.3 is 0 Å². The summed E-state index contributed by atoms with van der Waals surface area (Å²) in [6.07, 6.45) is 5.69. The maximum Gasteiger partial charge on any atom is 0.0223 e. The van der Waals surface area contributed by atoms with E-state index in [1.165, 1.54) is 51.9 Å². The van der Waals surface area contributed by atoms with Gasteiger partial charge in [-0.2, -0.15) is 0 Å². The number of piperidine rings is 1. The Hall–Kier alpha value is -0.0800. The Morgan fingerprint density at radius 2 is 1.71 bits per heavy atom. The minimum atomic E-state index is 0.736. The van der Waals surface area contributed by atoms with Gasteiger partial charge in [-0.15, -0.1) is 0 Å². The van der Waals surface area contributed by atoms with Crippen LogP contribution in [0.4, 0.5) is 0 Å². The van der Waals surface area contributed by atoms with Crippen molar-refractivity contribution in [3.63, 3.8) is 0 Å². The molecule has 0 amide bonds. The average molecular weight is 196 g/mol. The molecule has 1 unspecified atom stereocenters. The minimum Gasteiger partial charge on any atom is -0.299 e. The van der Waals surface area contributed by atoms with E-state index in [0.717, 1.165) is 12.1 Å². The second-order valence-electron chi connectivity index (χ2n) is 5.13. The summed E-state index contributed by atoms with van der Waals surface area (Å²) in [6, 6.07) is 1.61. The van der Waals surface area contributed by atoms with Crippen molar-refractivity contribution in [2.24, 2.45) is 0 Å². The summed E-state index contributed by atoms with van der Waals surface area (Å²) in [5.74, 6) is 0. The van der Waals surface area contributed by atoms with Crippen LogP contribution in [0, 0.1) is 0 Å². The summed E-state index contributed by atoms with van der Waals surface area (Å²) in [5.41, 5.74) is 0. The van der Waals surface area contributed by atoms with Crippen molar-refractivity contribution in [3.8, 4) is 0 Å². The molecular weight excluding hydrogens is 172 g/mol. The molecule has 2 saturated heterocycles. The molecule has 2 aliphatic heterocycles. The van der Waals surface area contributed by atoms with Gasteiger partial charge in [0, 0.05) is 18.6 Å². The lowest BCUT2D eigenvalue weighted by atomic mass is 10.0. The van der Waals surface area contributed by atoms with Gasteiger partial charge in [0.15, 0.2) is 0 Å². The molecule has 2 heteroatoms. The molecule has 1 atom stereocenters. The summed E-state index contributed by atoms with van der Waals surface area (Å²) in [5, 5.41) is 0. The van der Waals surface area contributed by atoms with Gasteiger partial charge < -0.3 is 0 Å². The van der Waals surface area contributed by atoms with Gasteiger partial charge in [0.05, 0.1) is 0 Å². The van der Waals surface area contributed by atoms with E-state index < -0.39 is 0 Å². The molecule has 0 spiro atoms. The number of likely N-dealkylation sites (tertiary alicyclic amines) is 2. The van der Waals surface area contributed by atoms with Gasteiger partial charge in [-0.05, 0) is 59.2 Å². The smallest absolute Gasteiger partial charge is 0.0223 e. The summed E-state index contributed by atoms with van der Waals surface area (Å²) in [6.45, 7) is 10.0. The maximum atomic E-state index is 2.72. The van der Waals surface area contributed by atoms with Crippen LogP contribution in [-0.2, 0) is 0 Å². The number of nitrogens with zero attached hydrogens (tertiary/aromatic N) is 2. The Morgan fingerprint density at radius 3 is 2.36 bits per heavy atom. The normalized spacial score (nSPS) is 31.5. The van der Waals surface area contributed by atoms with Gasteiger partial charge in [-0.3, -0.25) is 9.80 Å². The first kappa shape index (κ1) is 10.4. The Balaban J connectivity index is 1.86. The van der Waals surface area contributed by atoms with Gasteiger partial charge in [-0.25, -0.2) is 0 Å². The van der Waals surface area contributed by atoms with Crippen LogP contribution < -0.4 is 0 Å². The van der Waals surface area contributed by atoms with E-state index in [1.54, 1.807) is 0 Å². The highest BCUT2D eigenvalue weighted by atomic mass is 15.2. The standard InChI is InChI=1S/C12H24N2/c1-11(2)14-9-5-6-12(10-14)13-7-3-4-8-13/h11-12H,3-10H2,1-2H3. The Kier molecular flexibility index (Phi) is 3.45. The molecule has 0 radical (unpaired) electrons. The molecule has 2 aliphatic rings. The maximum absolute atomic E-state index is 2.72. The molecule has 0 aromatic rings. The van der Waals surface area contributed by atoms with Crippen LogP contribution in [0.3, 0.4) is 0 Å². The number of rotatable bonds is 2. The van der Waals surface area contributed by atoms with Crippen molar-refractivity contribution in [3.05, 3.63) is 0 Å². The van der Waals surface area contributed by atoms with Crippen molar-refractivity contribution in [2.45, 2.75) is 51.6 Å². The molecule has 0 N–H and O–H groups in total. The van der Waals surface area contributed by atoms with E-state index in [0.29, 0.717) is 0 Å². The largest absolute Gasteiger partial charge is 0.299 e. The highest BCUT2D eigenvalue weighted by Crippen LogP contribution is 2.21. The van der Waals surface area contributed by atoms with Crippen molar-refractivity contribution >= 4 is 0 Å². The van der Waals surface area contributed by atoms with E-state index in [-0.39, 0.29) is 0 Å². The third kappa shape index (κ3) is 2.29. The number of hydrogen-bond donors (Lipinski definition) is 0. The molecule has 2 heterocycles. The summed E-state index contributed by atoms with van der Waals surface area (Å²) < 4.78 is 0. The monoisotopic (exact) mass is 196 g/mol. The molecule has 0 aliphatic carbocycles. The zero-order valence-electron chi connectivity index (χ0n) is 9.71. The molecule has 14 heavy (non-hydrogen) atoms. The molecule has 2 rings (SSSR count). The van der Waals surface area contributed by atoms with Crippen LogP contribution in [-0.4, -0.2) is 48.1 Å². The van der Waals surface area contributed by atoms with E-state index in [2.05, 4.69) is 23.6 Å². The van der Waals surface area contributed by atoms with Gasteiger partial charge in [0.1, 0.15) is 0 Å². The quantitative estimate of drug-likeness (QED) is 0.666. The third-order valence-corrected chi connectivity index (χ3v) is 3.82. The van der Waals surface area contributed by atoms with Crippen LogP contribution in [0.1, 0.15) is 39.5 Å². The molecule has 0 aromatic carbocycles. The zero-order chi connectivity index (χ0) is 9.97. The molecule has 2 fully saturated rings. The van der Waals surface area contributed by atoms with E-state index in [1.807, 2.05) is 0 Å². The third-order valence-electron chi connectivity index (χ3n) is 3.82. The predicted octanol–water partition coefficient (Wildman–Crippen LogP) is 1.96. The fourth-order valence-corrected chi connectivity index (χ4v) is 2.86. The average Bonchev–Trinajstić information content (AvgIpc) is 2.71. The van der Waals surface area contributed by atoms with Crippen molar-refractivity contribution in [2.75, 3.05) is 26.2 Å². The Bertz CT molecular complexity index is 173. The molecule has 2 nitrogen and oxygen atoms in total. The minimum absolute atomic E-state index is 0.736. The van der Waals surface area contributed by atoms with Gasteiger partial charge in [0.25, 0.3) is 0 Å². The summed E-state index contributed by atoms with van der Waals surface area (Å²) in [7, 11) is 0. The lowest BCUT2D eigenvalue weighted by molar-refractivity contribution is 0.0943. The van der Waals surface area contributed by atoms with E-state index >= 15 is 0 Å². The highest BCUT2D eigenvalue weighted by molar-refractivity contribution is 4.84. The Labute approximate surface area is 88.3 Å². The van der Waals surface area contributed by atoms with Crippen LogP contribution in [0.25, 0.3) is 0 Å². The fourth-order valence-electron chi connectivity index (χ4n) is 2.86. The SMILES string of the molecule is CC(C)N1CCCC(N2CCCC2)C1. The van der Waals surface area contributed by atoms with E-state index in [9.17, 15) is 0 Å². The van der Waals surface area contributed by atoms with Crippen molar-refractivity contribution in [1.29, 1.82) is 0 Å². The van der Waals surface area contributed by atoms with Crippen LogP contribution >= 0.6 is 0 Å². The first-order chi connectivity index (χ1) is 6.77. The van der Waals surface area contributed by atoms with Crippen LogP contribution in [0.5, 0.6) is 0 Å². The van der Waals surface area contributed by atoms with Crippen molar-refractivity contribution in [1.82, 2.24) is 9.80 Å². The second-order valence-corrected chi connectivity index (χ2v) is 5.13. The molecule has 0 bridgehead atoms. The van der Waals surface area contributed by atoms with Gasteiger partial charge in [-0.1, -0.05) is 0 Å². The molecule has 0 aromatic heterocycles. The molecular formula is C12H24N2. The number of hydrogen-bond acceptors (Lipinski definition) is 2.